The monoisotopic (exact) mass is 1760 g/mol. The van der Waals surface area contributed by atoms with Crippen LogP contribution in [0.25, 0.3) is 90.2 Å². The number of hydrogen-bond acceptors (Lipinski definition) is 12. The first-order valence-electron chi connectivity index (χ1n) is 47.5. The van der Waals surface area contributed by atoms with Crippen LogP contribution < -0.4 is 20.0 Å². The molecule has 17 nitrogen and oxygen atoms in total. The molecule has 4 saturated carbocycles. The number of benzene rings is 10. The van der Waals surface area contributed by atoms with Gasteiger partial charge >= 0.3 is 7.60 Å². The lowest BCUT2D eigenvalue weighted by atomic mass is 9.66. The van der Waals surface area contributed by atoms with Crippen LogP contribution in [0.4, 0.5) is 17.1 Å². The molecule has 0 aliphatic heterocycles. The third-order valence-corrected chi connectivity index (χ3v) is 29.1. The molecule has 0 unspecified atom stereocenters. The Balaban J connectivity index is 0.000000150. The first-order chi connectivity index (χ1) is 62.8. The second-order valence-electron chi connectivity index (χ2n) is 37.3. The van der Waals surface area contributed by atoms with E-state index in [4.69, 9.17) is 15.0 Å². The van der Waals surface area contributed by atoms with Gasteiger partial charge in [-0.2, -0.15) is 0 Å². The van der Waals surface area contributed by atoms with Crippen molar-refractivity contribution in [3.05, 3.63) is 274 Å². The molecule has 130 heavy (non-hydrogen) atoms. The lowest BCUT2D eigenvalue weighted by Gasteiger charge is -2.39. The van der Waals surface area contributed by atoms with Crippen molar-refractivity contribution < 1.29 is 39.3 Å². The highest BCUT2D eigenvalue weighted by Gasteiger charge is 2.40. The SMILES string of the molecule is CCc1nc(-c2cc(-c3cccc(C=O)c3)c(O)c(-c3cccc(P(=O)(O)O)c3)c2)n(C)c1-c1ccc(N(CC)CC)cc1.CCc1nc(-c2cc(C3(C)CCCCC3)c(O)c(C3(C)CCCCC3)c2)n(C(=O)c2ccccc2)c1-c1ccc(N(C)C)cc1.CN(C)c1ccc(-c2nc(-c3cc(C4CCCCC4)c(O)c(C4CCCCC4)c3)[nH]c2CCc2ccccc2)cc1. The molecule has 3 heterocycles. The van der Waals surface area contributed by atoms with Crippen LogP contribution in [-0.4, -0.2) is 108 Å². The lowest BCUT2D eigenvalue weighted by molar-refractivity contribution is 0.0963. The van der Waals surface area contributed by atoms with E-state index < -0.39 is 7.60 Å². The number of aromatic nitrogens is 6. The van der Waals surface area contributed by atoms with Gasteiger partial charge in [-0.15, -0.1) is 0 Å². The highest BCUT2D eigenvalue weighted by Crippen LogP contribution is 2.53. The Hall–Kier alpha value is -11.9. The summed E-state index contributed by atoms with van der Waals surface area (Å²) in [7, 11) is 5.65. The molecule has 0 bridgehead atoms. The number of H-pyrrole nitrogens is 1. The summed E-state index contributed by atoms with van der Waals surface area (Å²) in [6, 6.07) is 71.3. The zero-order valence-electron chi connectivity index (χ0n) is 77.9. The van der Waals surface area contributed by atoms with Crippen molar-refractivity contribution in [2.45, 2.75) is 218 Å². The summed E-state index contributed by atoms with van der Waals surface area (Å²) in [4.78, 5) is 71.7. The zero-order valence-corrected chi connectivity index (χ0v) is 78.8. The number of aromatic hydroxyl groups is 3. The number of aromatic amines is 1. The summed E-state index contributed by atoms with van der Waals surface area (Å²) < 4.78 is 16.0. The van der Waals surface area contributed by atoms with Gasteiger partial charge < -0.3 is 49.4 Å². The minimum absolute atomic E-state index is 0.0724. The van der Waals surface area contributed by atoms with Gasteiger partial charge in [-0.3, -0.25) is 18.7 Å². The maximum Gasteiger partial charge on any atom is 0.356 e. The van der Waals surface area contributed by atoms with Crippen molar-refractivity contribution in [3.63, 3.8) is 0 Å². The molecule has 4 fully saturated rings. The Labute approximate surface area is 769 Å². The van der Waals surface area contributed by atoms with E-state index in [1.807, 2.05) is 66.7 Å². The number of aldehydes is 1. The van der Waals surface area contributed by atoms with Gasteiger partial charge in [0.2, 0.25) is 0 Å². The van der Waals surface area contributed by atoms with Crippen LogP contribution in [-0.2, 0) is 48.1 Å². The van der Waals surface area contributed by atoms with E-state index in [1.54, 1.807) is 42.5 Å². The quantitative estimate of drug-likeness (QED) is 0.0231. The van der Waals surface area contributed by atoms with E-state index in [2.05, 4.69) is 203 Å². The number of imidazole rings is 3. The third-order valence-electron chi connectivity index (χ3n) is 28.2. The number of carbonyl (C=O) groups excluding carboxylic acids is 2. The Bertz CT molecular complexity index is 6050. The Morgan fingerprint density at radius 1 is 0.469 bits per heavy atom. The number of aryl methyl sites for hydroxylation is 4. The van der Waals surface area contributed by atoms with Crippen LogP contribution in [0.3, 0.4) is 0 Å². The molecule has 0 radical (unpaired) electrons. The minimum Gasteiger partial charge on any atom is -0.507 e. The van der Waals surface area contributed by atoms with Gasteiger partial charge in [0, 0.05) is 138 Å². The van der Waals surface area contributed by atoms with Crippen molar-refractivity contribution in [2.24, 2.45) is 7.05 Å². The summed E-state index contributed by atoms with van der Waals surface area (Å²) in [5.74, 6) is 4.02. The van der Waals surface area contributed by atoms with Gasteiger partial charge in [0.1, 0.15) is 41.0 Å². The predicted octanol–water partition coefficient (Wildman–Crippen LogP) is 25.9. The Morgan fingerprint density at radius 3 is 1.45 bits per heavy atom. The number of hydrogen-bond donors (Lipinski definition) is 6. The minimum atomic E-state index is -4.53. The number of nitrogens with zero attached hydrogens (tertiary/aromatic N) is 8. The van der Waals surface area contributed by atoms with E-state index in [0.717, 1.165) is 154 Å². The van der Waals surface area contributed by atoms with Crippen LogP contribution in [0.5, 0.6) is 17.2 Å². The van der Waals surface area contributed by atoms with Crippen molar-refractivity contribution in [2.75, 3.05) is 56.0 Å². The molecular weight excluding hydrogens is 1630 g/mol. The average Bonchev–Trinajstić information content (AvgIpc) is 1.53. The first-order valence-corrected chi connectivity index (χ1v) is 49.1. The topological polar surface area (TPSA) is 226 Å². The van der Waals surface area contributed by atoms with Gasteiger partial charge in [0.05, 0.1) is 33.8 Å². The first kappa shape index (κ1) is 92.8. The molecule has 0 spiro atoms. The highest BCUT2D eigenvalue weighted by atomic mass is 31.2. The fourth-order valence-electron chi connectivity index (χ4n) is 20.7. The van der Waals surface area contributed by atoms with E-state index in [0.29, 0.717) is 86.8 Å². The molecule has 18 heteroatoms. The highest BCUT2D eigenvalue weighted by molar-refractivity contribution is 7.60. The standard InChI is InChI=1S/C40H49N3O2.C37H45N3O.C35H36N3O5P/c1-6-34-35(28-18-20-31(21-19-28)42(4)5)43(38(45)29-16-10-7-11-17-29)37(41-34)30-26-32(39(2)22-12-8-13-23-39)36(44)33(27-30)40(3)24-14-9-15-25-40;1-40(2)31-21-19-29(20-22-31)35-34(23-18-26-12-6-3-7-13-26)38-37(39-35)30-24-32(27-14-8-4-9-15-27)36(41)33(25-30)28-16-10-5-11-17-28;1-5-32-33(24-14-16-28(17-15-24)38(6-2)7-3)37(4)35(36-32)27-20-30(25-11-8-10-23(18-25)22-39)34(40)31(21-27)26-12-9-13-29(19-26)44(41,42)43/h7,10-11,16-21,26-27,44H,6,8-9,12-15,22-25H2,1-5H3;3,6-7,12-13,19-22,24-25,27-28,41H,4-5,8-11,14-18,23H2,1-2H3,(H,38,39);8-22,40H,5-7H2,1-4H3,(H2,41,42,43). The maximum absolute atomic E-state index is 14.6. The van der Waals surface area contributed by atoms with Crippen molar-refractivity contribution in [1.29, 1.82) is 0 Å². The molecule has 0 atom stereocenters. The number of rotatable bonds is 25. The number of phenols is 3. The molecule has 676 valence electrons. The van der Waals surface area contributed by atoms with Crippen LogP contribution >= 0.6 is 7.60 Å². The van der Waals surface area contributed by atoms with E-state index in [1.165, 1.54) is 132 Å². The number of carbonyl (C=O) groups is 2. The number of phenolic OH excluding ortho intramolecular Hbond substituents is 3. The summed E-state index contributed by atoms with van der Waals surface area (Å²) in [6.07, 6.45) is 27.7. The van der Waals surface area contributed by atoms with Gasteiger partial charge in [-0.05, 0) is 245 Å². The molecule has 0 saturated heterocycles. The molecule has 17 rings (SSSR count). The smallest absolute Gasteiger partial charge is 0.356 e. The maximum atomic E-state index is 14.6. The van der Waals surface area contributed by atoms with Crippen molar-refractivity contribution in [3.8, 4) is 107 Å². The summed E-state index contributed by atoms with van der Waals surface area (Å²) in [5, 5.41) is 35.2. The second-order valence-corrected chi connectivity index (χ2v) is 38.9. The number of anilines is 3. The normalized spacial score (nSPS) is 15.2. The van der Waals surface area contributed by atoms with E-state index >= 15 is 0 Å². The summed E-state index contributed by atoms with van der Waals surface area (Å²) in [6.45, 7) is 14.9. The predicted molar refractivity (Wildman–Crippen MR) is 533 cm³/mol. The molecule has 3 aromatic heterocycles. The second kappa shape index (κ2) is 41.1. The van der Waals surface area contributed by atoms with Crippen LogP contribution in [0.2, 0.25) is 0 Å². The molecule has 4 aliphatic rings. The van der Waals surface area contributed by atoms with Crippen molar-refractivity contribution in [1.82, 2.24) is 29.1 Å². The fourth-order valence-corrected chi connectivity index (χ4v) is 21.2. The Kier molecular flexibility index (Phi) is 29.3. The molecule has 10 aromatic carbocycles. The summed E-state index contributed by atoms with van der Waals surface area (Å²) in [5.41, 5.74) is 23.7. The third kappa shape index (κ3) is 20.3. The van der Waals surface area contributed by atoms with Crippen LogP contribution in [0.15, 0.2) is 218 Å². The molecule has 0 amide bonds. The van der Waals surface area contributed by atoms with Crippen LogP contribution in [0, 0.1) is 0 Å². The molecular formula is C112H130N9O8P. The summed E-state index contributed by atoms with van der Waals surface area (Å²) >= 11 is 0. The number of nitrogens with one attached hydrogen (secondary N) is 1. The largest absolute Gasteiger partial charge is 0.507 e. The molecule has 4 aliphatic carbocycles. The van der Waals surface area contributed by atoms with Crippen molar-refractivity contribution >= 4 is 42.2 Å². The van der Waals surface area contributed by atoms with E-state index in [9.17, 15) is 39.3 Å². The van der Waals surface area contributed by atoms with Gasteiger partial charge in [-0.25, -0.2) is 15.0 Å². The zero-order chi connectivity index (χ0) is 91.5. The Morgan fingerprint density at radius 2 is 0.938 bits per heavy atom. The van der Waals surface area contributed by atoms with Gasteiger partial charge in [-0.1, -0.05) is 220 Å². The van der Waals surface area contributed by atoms with Gasteiger partial charge in [0.25, 0.3) is 5.91 Å². The van der Waals surface area contributed by atoms with Gasteiger partial charge in [0.15, 0.2) is 0 Å². The lowest BCUT2D eigenvalue weighted by Crippen LogP contribution is -2.29. The van der Waals surface area contributed by atoms with Crippen LogP contribution in [0.1, 0.15) is 247 Å². The van der Waals surface area contributed by atoms with E-state index in [-0.39, 0.29) is 27.8 Å². The fraction of sp³-hybridized carbons (Fsp3) is 0.366. The molecule has 13 aromatic rings. The average molecular weight is 1760 g/mol. The molecule has 6 N–H and O–H groups in total.